The number of carbonyl (C=O) groups excluding carboxylic acids is 1. The number of amides is 1. The summed E-state index contributed by atoms with van der Waals surface area (Å²) in [7, 11) is 0. The van der Waals surface area contributed by atoms with Crippen LogP contribution in [-0.2, 0) is 6.54 Å². The first kappa shape index (κ1) is 15.3. The van der Waals surface area contributed by atoms with Crippen molar-refractivity contribution in [3.05, 3.63) is 56.8 Å². The van der Waals surface area contributed by atoms with E-state index in [2.05, 4.69) is 17.2 Å². The van der Waals surface area contributed by atoms with Crippen LogP contribution in [0.5, 0.6) is 0 Å². The molecule has 3 nitrogen and oxygen atoms in total. The van der Waals surface area contributed by atoms with Gasteiger partial charge in [0.1, 0.15) is 6.61 Å². The molecule has 0 bridgehead atoms. The van der Waals surface area contributed by atoms with E-state index in [4.69, 9.17) is 5.11 Å². The fraction of sp³-hybridized carbons (Fsp3) is 0.235. The SMILES string of the molecule is Cc1ccc(CNC(=O)c2cc(C#CCO)ccc2C)s1. The summed E-state index contributed by atoms with van der Waals surface area (Å²) in [6, 6.07) is 9.54. The fourth-order valence-corrected chi connectivity index (χ4v) is 2.76. The van der Waals surface area contributed by atoms with E-state index in [0.29, 0.717) is 12.1 Å². The Bertz CT molecular complexity index is 707. The smallest absolute Gasteiger partial charge is 0.251 e. The van der Waals surface area contributed by atoms with Gasteiger partial charge in [0, 0.05) is 20.9 Å². The molecule has 0 unspecified atom stereocenters. The van der Waals surface area contributed by atoms with E-state index < -0.39 is 0 Å². The van der Waals surface area contributed by atoms with E-state index in [1.54, 1.807) is 17.4 Å². The molecule has 108 valence electrons. The molecular weight excluding hydrogens is 282 g/mol. The van der Waals surface area contributed by atoms with Crippen molar-refractivity contribution in [2.24, 2.45) is 0 Å². The number of carbonyl (C=O) groups is 1. The summed E-state index contributed by atoms with van der Waals surface area (Å²) in [5, 5.41) is 11.6. The van der Waals surface area contributed by atoms with Crippen LogP contribution < -0.4 is 5.32 Å². The first-order valence-electron chi connectivity index (χ1n) is 6.64. The lowest BCUT2D eigenvalue weighted by atomic mass is 10.0. The molecule has 2 N–H and O–H groups in total. The molecule has 1 heterocycles. The third-order valence-corrected chi connectivity index (χ3v) is 4.01. The van der Waals surface area contributed by atoms with Gasteiger partial charge in [0.05, 0.1) is 6.54 Å². The molecule has 4 heteroatoms. The molecule has 2 aromatic rings. The summed E-state index contributed by atoms with van der Waals surface area (Å²) in [6.45, 7) is 4.29. The maximum atomic E-state index is 12.3. The molecule has 0 saturated heterocycles. The van der Waals surface area contributed by atoms with Crippen molar-refractivity contribution in [2.75, 3.05) is 6.61 Å². The molecule has 1 aromatic heterocycles. The standard InChI is InChI=1S/C17H17NO2S/c1-12-5-7-14(4-3-9-19)10-16(12)17(20)18-11-15-8-6-13(2)21-15/h5-8,10,19H,9,11H2,1-2H3,(H,18,20). The number of rotatable bonds is 3. The zero-order valence-electron chi connectivity index (χ0n) is 12.1. The van der Waals surface area contributed by atoms with Crippen molar-refractivity contribution >= 4 is 17.2 Å². The summed E-state index contributed by atoms with van der Waals surface area (Å²) in [5.74, 6) is 5.30. The van der Waals surface area contributed by atoms with E-state index in [9.17, 15) is 4.79 Å². The number of nitrogens with one attached hydrogen (secondary N) is 1. The Balaban J connectivity index is 2.10. The minimum Gasteiger partial charge on any atom is -0.384 e. The molecule has 0 radical (unpaired) electrons. The van der Waals surface area contributed by atoms with E-state index in [0.717, 1.165) is 16.0 Å². The van der Waals surface area contributed by atoms with E-state index in [-0.39, 0.29) is 12.5 Å². The van der Waals surface area contributed by atoms with Crippen molar-refractivity contribution < 1.29 is 9.90 Å². The van der Waals surface area contributed by atoms with Crippen LogP contribution in [0.3, 0.4) is 0 Å². The van der Waals surface area contributed by atoms with Crippen molar-refractivity contribution in [3.8, 4) is 11.8 Å². The predicted octanol–water partition coefficient (Wildman–Crippen LogP) is 2.64. The molecule has 0 atom stereocenters. The molecular formula is C17H17NO2S. The highest BCUT2D eigenvalue weighted by molar-refractivity contribution is 7.11. The van der Waals surface area contributed by atoms with Crippen molar-refractivity contribution in [2.45, 2.75) is 20.4 Å². The Labute approximate surface area is 128 Å². The number of benzene rings is 1. The minimum absolute atomic E-state index is 0.105. The van der Waals surface area contributed by atoms with Gasteiger partial charge in [-0.3, -0.25) is 4.79 Å². The van der Waals surface area contributed by atoms with Gasteiger partial charge in [0.25, 0.3) is 5.91 Å². The van der Waals surface area contributed by atoms with E-state index in [1.807, 2.05) is 38.1 Å². The van der Waals surface area contributed by atoms with Crippen LogP contribution in [0.1, 0.15) is 31.2 Å². The number of aryl methyl sites for hydroxylation is 2. The number of hydrogen-bond acceptors (Lipinski definition) is 3. The van der Waals surface area contributed by atoms with Crippen LogP contribution in [0, 0.1) is 25.7 Å². The maximum Gasteiger partial charge on any atom is 0.251 e. The third kappa shape index (κ3) is 4.19. The molecule has 0 saturated carbocycles. The molecule has 0 fully saturated rings. The van der Waals surface area contributed by atoms with Crippen LogP contribution in [0.25, 0.3) is 0 Å². The quantitative estimate of drug-likeness (QED) is 0.856. The second kappa shape index (κ2) is 7.07. The minimum atomic E-state index is -0.187. The highest BCUT2D eigenvalue weighted by atomic mass is 32.1. The van der Waals surface area contributed by atoms with Gasteiger partial charge in [-0.2, -0.15) is 0 Å². The van der Waals surface area contributed by atoms with Gasteiger partial charge < -0.3 is 10.4 Å². The zero-order valence-corrected chi connectivity index (χ0v) is 12.9. The van der Waals surface area contributed by atoms with Crippen molar-refractivity contribution in [1.29, 1.82) is 0 Å². The topological polar surface area (TPSA) is 49.3 Å². The summed E-state index contributed by atoms with van der Waals surface area (Å²) < 4.78 is 0. The first-order chi connectivity index (χ1) is 10.1. The van der Waals surface area contributed by atoms with Gasteiger partial charge in [-0.1, -0.05) is 17.9 Å². The molecule has 1 aromatic carbocycles. The largest absolute Gasteiger partial charge is 0.384 e. The Morgan fingerprint density at radius 3 is 2.76 bits per heavy atom. The van der Waals surface area contributed by atoms with Gasteiger partial charge >= 0.3 is 0 Å². The average Bonchev–Trinajstić information content (AvgIpc) is 2.89. The van der Waals surface area contributed by atoms with Gasteiger partial charge in [-0.25, -0.2) is 0 Å². The Morgan fingerprint density at radius 1 is 1.29 bits per heavy atom. The zero-order chi connectivity index (χ0) is 15.2. The van der Waals surface area contributed by atoms with Crippen LogP contribution in [-0.4, -0.2) is 17.6 Å². The molecule has 1 amide bonds. The van der Waals surface area contributed by atoms with Crippen LogP contribution in [0.15, 0.2) is 30.3 Å². The summed E-state index contributed by atoms with van der Waals surface area (Å²) >= 11 is 1.68. The Morgan fingerprint density at radius 2 is 2.10 bits per heavy atom. The second-order valence-electron chi connectivity index (χ2n) is 4.68. The van der Waals surface area contributed by atoms with E-state index >= 15 is 0 Å². The second-order valence-corrected chi connectivity index (χ2v) is 6.06. The van der Waals surface area contributed by atoms with Gasteiger partial charge in [0.2, 0.25) is 0 Å². The highest BCUT2D eigenvalue weighted by Gasteiger charge is 2.09. The van der Waals surface area contributed by atoms with Gasteiger partial charge in [-0.15, -0.1) is 11.3 Å². The van der Waals surface area contributed by atoms with Crippen LogP contribution in [0.2, 0.25) is 0 Å². The normalized spacial score (nSPS) is 9.86. The van der Waals surface area contributed by atoms with Crippen molar-refractivity contribution in [1.82, 2.24) is 5.32 Å². The Kier molecular flexibility index (Phi) is 5.15. The maximum absolute atomic E-state index is 12.3. The van der Waals surface area contributed by atoms with Crippen LogP contribution in [0.4, 0.5) is 0 Å². The van der Waals surface area contributed by atoms with Crippen molar-refractivity contribution in [3.63, 3.8) is 0 Å². The monoisotopic (exact) mass is 299 g/mol. The number of aliphatic hydroxyl groups excluding tert-OH is 1. The predicted molar refractivity (Wildman–Crippen MR) is 85.4 cm³/mol. The van der Waals surface area contributed by atoms with Gasteiger partial charge in [0.15, 0.2) is 0 Å². The van der Waals surface area contributed by atoms with Gasteiger partial charge in [-0.05, 0) is 43.7 Å². The summed E-state index contributed by atoms with van der Waals surface area (Å²) in [4.78, 5) is 14.6. The molecule has 0 aliphatic rings. The lowest BCUT2D eigenvalue weighted by Crippen LogP contribution is -2.23. The number of aliphatic hydroxyl groups is 1. The third-order valence-electron chi connectivity index (χ3n) is 3.01. The molecule has 0 aliphatic heterocycles. The molecule has 21 heavy (non-hydrogen) atoms. The molecule has 0 spiro atoms. The molecule has 0 aliphatic carbocycles. The van der Waals surface area contributed by atoms with E-state index in [1.165, 1.54) is 4.88 Å². The van der Waals surface area contributed by atoms with Crippen LogP contribution >= 0.6 is 11.3 Å². The fourth-order valence-electron chi connectivity index (χ4n) is 1.93. The lowest BCUT2D eigenvalue weighted by Gasteiger charge is -2.07. The number of hydrogen-bond donors (Lipinski definition) is 2. The number of thiophene rings is 1. The average molecular weight is 299 g/mol. The first-order valence-corrected chi connectivity index (χ1v) is 7.45. The lowest BCUT2D eigenvalue weighted by molar-refractivity contribution is 0.0950. The highest BCUT2D eigenvalue weighted by Crippen LogP contribution is 2.15. The summed E-state index contributed by atoms with van der Waals surface area (Å²) in [5.41, 5.74) is 2.25. The Hall–Kier alpha value is -2.09. The molecule has 2 rings (SSSR count). The summed E-state index contributed by atoms with van der Waals surface area (Å²) in [6.07, 6.45) is 0.